The Kier molecular flexibility index (Phi) is 3.83. The lowest BCUT2D eigenvalue weighted by Gasteiger charge is -2.23. The molecule has 0 spiro atoms. The van der Waals surface area contributed by atoms with E-state index in [9.17, 15) is 0 Å². The molecule has 1 aliphatic rings. The Morgan fingerprint density at radius 3 is 2.12 bits per heavy atom. The predicted octanol–water partition coefficient (Wildman–Crippen LogP) is 1.33. The van der Waals surface area contributed by atoms with Crippen molar-refractivity contribution in [2.24, 2.45) is 5.92 Å². The summed E-state index contributed by atoms with van der Waals surface area (Å²) >= 11 is 0. The molecule has 0 aromatic carbocycles. The summed E-state index contributed by atoms with van der Waals surface area (Å²) in [6, 6.07) is 0. The Bertz CT molecular complexity index is 52.5. The maximum absolute atomic E-state index is 8.40. The zero-order valence-corrected chi connectivity index (χ0v) is 5.27. The number of aliphatic hydroxyl groups excluding tert-OH is 1. The van der Waals surface area contributed by atoms with Crippen LogP contribution < -0.4 is 6.15 Å². The van der Waals surface area contributed by atoms with Crippen LogP contribution in [0.1, 0.15) is 25.7 Å². The van der Waals surface area contributed by atoms with E-state index in [1.807, 2.05) is 0 Å². The van der Waals surface area contributed by atoms with Crippen molar-refractivity contribution in [1.29, 1.82) is 0 Å². The molecule has 0 bridgehead atoms. The lowest BCUT2D eigenvalue weighted by atomic mass is 9.83. The summed E-state index contributed by atoms with van der Waals surface area (Å²) in [5, 5.41) is 8.40. The Morgan fingerprint density at radius 2 is 2.00 bits per heavy atom. The van der Waals surface area contributed by atoms with Crippen LogP contribution in [0.3, 0.4) is 0 Å². The zero-order valence-electron chi connectivity index (χ0n) is 5.27. The molecule has 0 atom stereocenters. The maximum Gasteiger partial charge on any atom is 0.0433 e. The summed E-state index contributed by atoms with van der Waals surface area (Å²) in [6.07, 6.45) is 5.16. The average Bonchev–Trinajstić information content (AvgIpc) is 1.55. The van der Waals surface area contributed by atoms with Crippen molar-refractivity contribution >= 4 is 0 Å². The Hall–Kier alpha value is -0.0800. The van der Waals surface area contributed by atoms with Gasteiger partial charge in [0.2, 0.25) is 0 Å². The maximum atomic E-state index is 8.40. The molecule has 2 nitrogen and oxygen atoms in total. The standard InChI is InChI=1S/C6H12O.H3N/c7-5-4-6-2-1-3-6;/h6-7H,1-5H2;1H3. The van der Waals surface area contributed by atoms with E-state index in [0.717, 1.165) is 12.3 Å². The largest absolute Gasteiger partial charge is 0.396 e. The van der Waals surface area contributed by atoms with Crippen molar-refractivity contribution in [3.63, 3.8) is 0 Å². The van der Waals surface area contributed by atoms with Gasteiger partial charge in [-0.05, 0) is 12.3 Å². The summed E-state index contributed by atoms with van der Waals surface area (Å²) < 4.78 is 0. The number of hydrogen-bond donors (Lipinski definition) is 2. The molecule has 0 unspecified atom stereocenters. The van der Waals surface area contributed by atoms with Gasteiger partial charge in [-0.15, -0.1) is 0 Å². The molecule has 4 N–H and O–H groups in total. The normalized spacial score (nSPS) is 19.1. The quantitative estimate of drug-likeness (QED) is 0.573. The Labute approximate surface area is 50.5 Å². The van der Waals surface area contributed by atoms with Crippen LogP contribution in [0.25, 0.3) is 0 Å². The predicted molar refractivity (Wildman–Crippen MR) is 34.1 cm³/mol. The molecule has 0 saturated heterocycles. The molecular formula is C6H15NO. The summed E-state index contributed by atoms with van der Waals surface area (Å²) in [4.78, 5) is 0. The molecule has 2 heteroatoms. The minimum Gasteiger partial charge on any atom is -0.396 e. The molecule has 0 radical (unpaired) electrons. The SMILES string of the molecule is N.OCCC1CCC1. The molecule has 0 aromatic rings. The van der Waals surface area contributed by atoms with Gasteiger partial charge < -0.3 is 11.3 Å². The fourth-order valence-electron chi connectivity index (χ4n) is 0.964. The van der Waals surface area contributed by atoms with Crippen molar-refractivity contribution in [2.45, 2.75) is 25.7 Å². The fourth-order valence-corrected chi connectivity index (χ4v) is 0.964. The van der Waals surface area contributed by atoms with Gasteiger partial charge in [-0.3, -0.25) is 0 Å². The molecule has 0 aromatic heterocycles. The van der Waals surface area contributed by atoms with Crippen LogP contribution in [0.4, 0.5) is 0 Å². The minimum atomic E-state index is 0. The van der Waals surface area contributed by atoms with E-state index in [1.54, 1.807) is 0 Å². The van der Waals surface area contributed by atoms with Gasteiger partial charge in [0.15, 0.2) is 0 Å². The van der Waals surface area contributed by atoms with E-state index in [1.165, 1.54) is 19.3 Å². The van der Waals surface area contributed by atoms with E-state index >= 15 is 0 Å². The van der Waals surface area contributed by atoms with Gasteiger partial charge in [0.25, 0.3) is 0 Å². The number of rotatable bonds is 2. The topological polar surface area (TPSA) is 55.2 Å². The Morgan fingerprint density at radius 1 is 1.38 bits per heavy atom. The summed E-state index contributed by atoms with van der Waals surface area (Å²) in [5.74, 6) is 0.880. The van der Waals surface area contributed by atoms with Crippen LogP contribution in [0.15, 0.2) is 0 Å². The van der Waals surface area contributed by atoms with Gasteiger partial charge in [-0.2, -0.15) is 0 Å². The van der Waals surface area contributed by atoms with E-state index in [4.69, 9.17) is 5.11 Å². The molecule has 1 aliphatic carbocycles. The molecule has 1 rings (SSSR count). The van der Waals surface area contributed by atoms with Gasteiger partial charge in [0.1, 0.15) is 0 Å². The van der Waals surface area contributed by atoms with E-state index in [0.29, 0.717) is 6.61 Å². The fraction of sp³-hybridized carbons (Fsp3) is 1.00. The highest BCUT2D eigenvalue weighted by Gasteiger charge is 2.15. The van der Waals surface area contributed by atoms with Crippen LogP contribution in [0.5, 0.6) is 0 Å². The number of hydrogen-bond acceptors (Lipinski definition) is 2. The lowest BCUT2D eigenvalue weighted by molar-refractivity contribution is 0.208. The van der Waals surface area contributed by atoms with Gasteiger partial charge in [-0.1, -0.05) is 19.3 Å². The first-order valence-electron chi connectivity index (χ1n) is 3.04. The third kappa shape index (κ3) is 1.80. The van der Waals surface area contributed by atoms with Crippen LogP contribution in [0, 0.1) is 5.92 Å². The summed E-state index contributed by atoms with van der Waals surface area (Å²) in [6.45, 7) is 0.394. The smallest absolute Gasteiger partial charge is 0.0433 e. The van der Waals surface area contributed by atoms with Crippen molar-refractivity contribution in [1.82, 2.24) is 6.15 Å². The van der Waals surface area contributed by atoms with Crippen molar-refractivity contribution < 1.29 is 5.11 Å². The Balaban J connectivity index is 0.000000490. The zero-order chi connectivity index (χ0) is 5.11. The van der Waals surface area contributed by atoms with Gasteiger partial charge in [-0.25, -0.2) is 0 Å². The monoisotopic (exact) mass is 117 g/mol. The molecule has 1 fully saturated rings. The second-order valence-corrected chi connectivity index (χ2v) is 2.31. The van der Waals surface area contributed by atoms with Crippen molar-refractivity contribution in [3.05, 3.63) is 0 Å². The highest BCUT2D eigenvalue weighted by Crippen LogP contribution is 2.28. The molecule has 0 aliphatic heterocycles. The molecular weight excluding hydrogens is 102 g/mol. The van der Waals surface area contributed by atoms with Crippen LogP contribution in [-0.4, -0.2) is 11.7 Å². The van der Waals surface area contributed by atoms with Crippen LogP contribution in [0.2, 0.25) is 0 Å². The first kappa shape index (κ1) is 7.92. The second-order valence-electron chi connectivity index (χ2n) is 2.31. The second kappa shape index (κ2) is 3.87. The van der Waals surface area contributed by atoms with E-state index in [-0.39, 0.29) is 6.15 Å². The average molecular weight is 117 g/mol. The van der Waals surface area contributed by atoms with E-state index in [2.05, 4.69) is 0 Å². The number of aliphatic hydroxyl groups is 1. The first-order chi connectivity index (χ1) is 3.43. The van der Waals surface area contributed by atoms with Crippen LogP contribution >= 0.6 is 0 Å². The summed E-state index contributed by atoms with van der Waals surface area (Å²) in [5.41, 5.74) is 0. The van der Waals surface area contributed by atoms with Gasteiger partial charge in [0, 0.05) is 6.61 Å². The van der Waals surface area contributed by atoms with Crippen molar-refractivity contribution in [2.75, 3.05) is 6.61 Å². The highest BCUT2D eigenvalue weighted by atomic mass is 16.3. The van der Waals surface area contributed by atoms with E-state index < -0.39 is 0 Å². The third-order valence-electron chi connectivity index (χ3n) is 1.76. The van der Waals surface area contributed by atoms with Gasteiger partial charge >= 0.3 is 0 Å². The van der Waals surface area contributed by atoms with Crippen LogP contribution in [-0.2, 0) is 0 Å². The molecule has 8 heavy (non-hydrogen) atoms. The first-order valence-corrected chi connectivity index (χ1v) is 3.04. The minimum absolute atomic E-state index is 0. The van der Waals surface area contributed by atoms with Crippen molar-refractivity contribution in [3.8, 4) is 0 Å². The highest BCUT2D eigenvalue weighted by molar-refractivity contribution is 4.68. The third-order valence-corrected chi connectivity index (χ3v) is 1.76. The molecule has 50 valence electrons. The summed E-state index contributed by atoms with van der Waals surface area (Å²) in [7, 11) is 0. The van der Waals surface area contributed by atoms with Gasteiger partial charge in [0.05, 0.1) is 0 Å². The molecule has 0 amide bonds. The molecule has 0 heterocycles. The lowest BCUT2D eigenvalue weighted by Crippen LogP contribution is -2.11. The molecule has 1 saturated carbocycles.